The normalized spacial score (nSPS) is 13.7. The molecule has 8 heteroatoms. The number of rotatable bonds is 7. The molecule has 0 saturated heterocycles. The SMILES string of the molecule is CCOC(=O)C(=O)Nc1cc(C)c(Oc2ccc(O)c(C(=O)NCC3CCCCC3)c2)c(C)c1. The molecule has 34 heavy (non-hydrogen) atoms. The summed E-state index contributed by atoms with van der Waals surface area (Å²) in [5.41, 5.74) is 2.03. The van der Waals surface area contributed by atoms with Crippen LogP contribution in [-0.2, 0) is 14.3 Å². The lowest BCUT2D eigenvalue weighted by Crippen LogP contribution is -2.30. The Hall–Kier alpha value is -3.55. The van der Waals surface area contributed by atoms with Gasteiger partial charge < -0.3 is 25.2 Å². The van der Waals surface area contributed by atoms with Crippen molar-refractivity contribution in [1.29, 1.82) is 0 Å². The number of carbonyl (C=O) groups excluding carboxylic acids is 3. The minimum atomic E-state index is -0.948. The number of ether oxygens (including phenoxy) is 2. The van der Waals surface area contributed by atoms with Gasteiger partial charge in [0.15, 0.2) is 0 Å². The van der Waals surface area contributed by atoms with E-state index in [0.717, 1.165) is 24.0 Å². The molecule has 182 valence electrons. The van der Waals surface area contributed by atoms with E-state index >= 15 is 0 Å². The van der Waals surface area contributed by atoms with Crippen LogP contribution in [0, 0.1) is 19.8 Å². The first-order chi connectivity index (χ1) is 16.3. The maximum absolute atomic E-state index is 12.7. The van der Waals surface area contributed by atoms with Gasteiger partial charge in [-0.15, -0.1) is 0 Å². The van der Waals surface area contributed by atoms with Gasteiger partial charge in [-0.25, -0.2) is 4.79 Å². The highest BCUT2D eigenvalue weighted by atomic mass is 16.5. The number of amides is 2. The van der Waals surface area contributed by atoms with Crippen LogP contribution >= 0.6 is 0 Å². The number of carbonyl (C=O) groups is 3. The monoisotopic (exact) mass is 468 g/mol. The number of hydrogen-bond acceptors (Lipinski definition) is 6. The summed E-state index contributed by atoms with van der Waals surface area (Å²) in [6.07, 6.45) is 5.87. The molecule has 2 aromatic carbocycles. The molecule has 2 amide bonds. The second-order valence-corrected chi connectivity index (χ2v) is 8.61. The second-order valence-electron chi connectivity index (χ2n) is 8.61. The van der Waals surface area contributed by atoms with Crippen molar-refractivity contribution in [3.05, 3.63) is 47.0 Å². The van der Waals surface area contributed by atoms with Gasteiger partial charge in [0, 0.05) is 12.2 Å². The Morgan fingerprint density at radius 2 is 1.71 bits per heavy atom. The van der Waals surface area contributed by atoms with E-state index in [1.54, 1.807) is 39.0 Å². The quantitative estimate of drug-likeness (QED) is 0.404. The number of esters is 1. The number of aryl methyl sites for hydroxylation is 2. The third-order valence-electron chi connectivity index (χ3n) is 5.89. The minimum absolute atomic E-state index is 0.112. The molecule has 0 atom stereocenters. The number of aromatic hydroxyl groups is 1. The van der Waals surface area contributed by atoms with Crippen molar-refractivity contribution in [3.8, 4) is 17.2 Å². The van der Waals surface area contributed by atoms with E-state index in [-0.39, 0.29) is 23.8 Å². The minimum Gasteiger partial charge on any atom is -0.507 e. The van der Waals surface area contributed by atoms with Crippen molar-refractivity contribution in [3.63, 3.8) is 0 Å². The number of anilines is 1. The predicted molar refractivity (Wildman–Crippen MR) is 128 cm³/mol. The van der Waals surface area contributed by atoms with E-state index in [1.807, 2.05) is 0 Å². The molecule has 0 radical (unpaired) electrons. The highest BCUT2D eigenvalue weighted by molar-refractivity contribution is 6.37. The fourth-order valence-corrected chi connectivity index (χ4v) is 4.16. The molecule has 3 rings (SSSR count). The first kappa shape index (κ1) is 25.1. The highest BCUT2D eigenvalue weighted by Crippen LogP contribution is 2.33. The average Bonchev–Trinajstić information content (AvgIpc) is 2.81. The lowest BCUT2D eigenvalue weighted by atomic mass is 9.89. The Morgan fingerprint density at radius 3 is 2.35 bits per heavy atom. The number of benzene rings is 2. The standard InChI is InChI=1S/C26H32N2O6/c1-4-33-26(32)25(31)28-19-12-16(2)23(17(3)13-19)34-20-10-11-22(29)21(14-20)24(30)27-15-18-8-6-5-7-9-18/h10-14,18,29H,4-9,15H2,1-3H3,(H,27,30)(H,28,31). The van der Waals surface area contributed by atoms with Crippen LogP contribution in [0.15, 0.2) is 30.3 Å². The highest BCUT2D eigenvalue weighted by Gasteiger charge is 2.19. The van der Waals surface area contributed by atoms with E-state index in [4.69, 9.17) is 9.47 Å². The number of nitrogens with one attached hydrogen (secondary N) is 2. The molecule has 0 aromatic heterocycles. The Labute approximate surface area is 199 Å². The van der Waals surface area contributed by atoms with Crippen molar-refractivity contribution in [2.45, 2.75) is 52.9 Å². The summed E-state index contributed by atoms with van der Waals surface area (Å²) < 4.78 is 10.7. The van der Waals surface area contributed by atoms with E-state index in [2.05, 4.69) is 10.6 Å². The van der Waals surface area contributed by atoms with E-state index in [1.165, 1.54) is 31.4 Å². The molecule has 0 spiro atoms. The first-order valence-electron chi connectivity index (χ1n) is 11.7. The second kappa shape index (κ2) is 11.5. The largest absolute Gasteiger partial charge is 0.507 e. The van der Waals surface area contributed by atoms with Gasteiger partial charge in [0.1, 0.15) is 17.2 Å². The van der Waals surface area contributed by atoms with Gasteiger partial charge in [-0.3, -0.25) is 9.59 Å². The third-order valence-corrected chi connectivity index (χ3v) is 5.89. The van der Waals surface area contributed by atoms with Gasteiger partial charge >= 0.3 is 11.9 Å². The van der Waals surface area contributed by atoms with Crippen molar-refractivity contribution < 1.29 is 29.0 Å². The third kappa shape index (κ3) is 6.50. The molecule has 2 aromatic rings. The van der Waals surface area contributed by atoms with Gasteiger partial charge in [-0.1, -0.05) is 19.3 Å². The van der Waals surface area contributed by atoms with Gasteiger partial charge in [0.05, 0.1) is 12.2 Å². The molecule has 1 fully saturated rings. The summed E-state index contributed by atoms with van der Waals surface area (Å²) >= 11 is 0. The summed E-state index contributed by atoms with van der Waals surface area (Å²) in [6.45, 7) is 5.95. The molecule has 0 aliphatic heterocycles. The van der Waals surface area contributed by atoms with Crippen LogP contribution < -0.4 is 15.4 Å². The van der Waals surface area contributed by atoms with Crippen LogP contribution in [0.2, 0.25) is 0 Å². The fraction of sp³-hybridized carbons (Fsp3) is 0.423. The summed E-state index contributed by atoms with van der Waals surface area (Å²) in [4.78, 5) is 36.2. The van der Waals surface area contributed by atoms with Crippen molar-refractivity contribution in [2.24, 2.45) is 5.92 Å². The molecule has 1 saturated carbocycles. The lowest BCUT2D eigenvalue weighted by molar-refractivity contribution is -0.152. The molecule has 0 heterocycles. The predicted octanol–water partition coefficient (Wildman–Crippen LogP) is 4.61. The Kier molecular flexibility index (Phi) is 8.51. The summed E-state index contributed by atoms with van der Waals surface area (Å²) in [7, 11) is 0. The fourth-order valence-electron chi connectivity index (χ4n) is 4.16. The molecule has 0 unspecified atom stereocenters. The van der Waals surface area contributed by atoms with E-state index < -0.39 is 11.9 Å². The zero-order chi connectivity index (χ0) is 24.7. The number of phenolic OH excluding ortho intramolecular Hbond substituents is 1. The van der Waals surface area contributed by atoms with Gasteiger partial charge in [0.25, 0.3) is 5.91 Å². The van der Waals surface area contributed by atoms with Crippen LogP contribution in [0.5, 0.6) is 17.2 Å². The maximum Gasteiger partial charge on any atom is 0.397 e. The average molecular weight is 469 g/mol. The Bertz CT molecular complexity index is 1040. The molecule has 3 N–H and O–H groups in total. The Morgan fingerprint density at radius 1 is 1.03 bits per heavy atom. The Balaban J connectivity index is 1.70. The van der Waals surface area contributed by atoms with Crippen LogP contribution in [-0.4, -0.2) is 36.0 Å². The molecular formula is C26H32N2O6. The van der Waals surface area contributed by atoms with Crippen molar-refractivity contribution >= 4 is 23.5 Å². The summed E-state index contributed by atoms with van der Waals surface area (Å²) in [6, 6.07) is 7.89. The molecule has 0 bridgehead atoms. The van der Waals surface area contributed by atoms with Gasteiger partial charge in [0.2, 0.25) is 0 Å². The molecular weight excluding hydrogens is 436 g/mol. The zero-order valence-electron chi connectivity index (χ0n) is 19.9. The molecule has 8 nitrogen and oxygen atoms in total. The number of hydrogen-bond donors (Lipinski definition) is 3. The topological polar surface area (TPSA) is 114 Å². The smallest absolute Gasteiger partial charge is 0.397 e. The van der Waals surface area contributed by atoms with Crippen LogP contribution in [0.4, 0.5) is 5.69 Å². The first-order valence-corrected chi connectivity index (χ1v) is 11.7. The van der Waals surface area contributed by atoms with Crippen molar-refractivity contribution in [1.82, 2.24) is 5.32 Å². The van der Waals surface area contributed by atoms with Gasteiger partial charge in [-0.2, -0.15) is 0 Å². The maximum atomic E-state index is 12.7. The lowest BCUT2D eigenvalue weighted by Gasteiger charge is -2.22. The summed E-state index contributed by atoms with van der Waals surface area (Å²) in [5.74, 6) is -0.817. The molecule has 1 aliphatic carbocycles. The van der Waals surface area contributed by atoms with Crippen LogP contribution in [0.25, 0.3) is 0 Å². The van der Waals surface area contributed by atoms with Crippen LogP contribution in [0.3, 0.4) is 0 Å². The summed E-state index contributed by atoms with van der Waals surface area (Å²) in [5, 5.41) is 15.7. The van der Waals surface area contributed by atoms with E-state index in [0.29, 0.717) is 29.6 Å². The molecule has 1 aliphatic rings. The number of phenols is 1. The zero-order valence-corrected chi connectivity index (χ0v) is 19.9. The van der Waals surface area contributed by atoms with Crippen LogP contribution in [0.1, 0.15) is 60.5 Å². The van der Waals surface area contributed by atoms with Crippen molar-refractivity contribution in [2.75, 3.05) is 18.5 Å². The van der Waals surface area contributed by atoms with E-state index in [9.17, 15) is 19.5 Å². The van der Waals surface area contributed by atoms with Gasteiger partial charge in [-0.05, 0) is 81.0 Å².